The second kappa shape index (κ2) is 11.4. The number of carbonyl (C=O) groups excluding carboxylic acids is 1. The predicted molar refractivity (Wildman–Crippen MR) is 105 cm³/mol. The van der Waals surface area contributed by atoms with Gasteiger partial charge in [-0.1, -0.05) is 44.2 Å². The van der Waals surface area contributed by atoms with Crippen LogP contribution >= 0.6 is 0 Å². The molecule has 6 heteroatoms. The fraction of sp³-hybridized carbons (Fsp3) is 0.600. The summed E-state index contributed by atoms with van der Waals surface area (Å²) in [7, 11) is 1.78. The van der Waals surface area contributed by atoms with Gasteiger partial charge in [0.05, 0.1) is 0 Å². The Morgan fingerprint density at radius 3 is 2.81 bits per heavy atom. The SMILES string of the molecule is CN=C(NCCCC1CCCCC1)NCc1cccc(OCC(N)=O)c1. The number of benzene rings is 1. The van der Waals surface area contributed by atoms with Gasteiger partial charge in [0, 0.05) is 20.1 Å². The number of aliphatic imine (C=N–C) groups is 1. The molecule has 0 saturated heterocycles. The van der Waals surface area contributed by atoms with Crippen molar-refractivity contribution in [3.63, 3.8) is 0 Å². The van der Waals surface area contributed by atoms with Gasteiger partial charge in [-0.2, -0.15) is 0 Å². The third-order valence-corrected chi connectivity index (χ3v) is 4.77. The average molecular weight is 361 g/mol. The summed E-state index contributed by atoms with van der Waals surface area (Å²) in [6.45, 7) is 1.47. The summed E-state index contributed by atoms with van der Waals surface area (Å²) in [6, 6.07) is 7.60. The van der Waals surface area contributed by atoms with Crippen LogP contribution in [0.2, 0.25) is 0 Å². The smallest absolute Gasteiger partial charge is 0.255 e. The van der Waals surface area contributed by atoms with Crippen molar-refractivity contribution in [1.29, 1.82) is 0 Å². The Bertz CT molecular complexity index is 583. The van der Waals surface area contributed by atoms with E-state index in [0.29, 0.717) is 12.3 Å². The number of nitrogens with one attached hydrogen (secondary N) is 2. The highest BCUT2D eigenvalue weighted by molar-refractivity contribution is 5.79. The quantitative estimate of drug-likeness (QED) is 0.359. The van der Waals surface area contributed by atoms with E-state index in [9.17, 15) is 4.79 Å². The molecule has 144 valence electrons. The van der Waals surface area contributed by atoms with E-state index >= 15 is 0 Å². The van der Waals surface area contributed by atoms with Gasteiger partial charge in [-0.25, -0.2) is 0 Å². The number of carbonyl (C=O) groups is 1. The summed E-state index contributed by atoms with van der Waals surface area (Å²) in [5.74, 6) is 1.88. The summed E-state index contributed by atoms with van der Waals surface area (Å²) in [4.78, 5) is 15.1. The molecular weight excluding hydrogens is 328 g/mol. The zero-order valence-electron chi connectivity index (χ0n) is 15.8. The maximum atomic E-state index is 10.8. The van der Waals surface area contributed by atoms with Gasteiger partial charge in [-0.3, -0.25) is 9.79 Å². The van der Waals surface area contributed by atoms with Crippen molar-refractivity contribution in [2.75, 3.05) is 20.2 Å². The van der Waals surface area contributed by atoms with Gasteiger partial charge in [-0.15, -0.1) is 0 Å². The molecule has 0 bridgehead atoms. The minimum atomic E-state index is -0.480. The lowest BCUT2D eigenvalue weighted by Crippen LogP contribution is -2.37. The van der Waals surface area contributed by atoms with E-state index in [1.165, 1.54) is 44.9 Å². The number of nitrogens with zero attached hydrogens (tertiary/aromatic N) is 1. The van der Waals surface area contributed by atoms with Crippen LogP contribution in [-0.4, -0.2) is 32.1 Å². The van der Waals surface area contributed by atoms with Crippen LogP contribution in [0.3, 0.4) is 0 Å². The minimum Gasteiger partial charge on any atom is -0.484 e. The molecule has 0 spiro atoms. The van der Waals surface area contributed by atoms with Gasteiger partial charge in [0.2, 0.25) is 0 Å². The maximum Gasteiger partial charge on any atom is 0.255 e. The summed E-state index contributed by atoms with van der Waals surface area (Å²) in [6.07, 6.45) is 9.53. The Morgan fingerprint density at radius 2 is 2.08 bits per heavy atom. The van der Waals surface area contributed by atoms with E-state index in [0.717, 1.165) is 24.0 Å². The van der Waals surface area contributed by atoms with Crippen LogP contribution in [0, 0.1) is 5.92 Å². The maximum absolute atomic E-state index is 10.8. The summed E-state index contributed by atoms with van der Waals surface area (Å²) in [5, 5.41) is 6.69. The molecule has 0 atom stereocenters. The molecular formula is C20H32N4O2. The van der Waals surface area contributed by atoms with E-state index in [1.54, 1.807) is 7.05 Å². The van der Waals surface area contributed by atoms with Crippen molar-refractivity contribution >= 4 is 11.9 Å². The van der Waals surface area contributed by atoms with Gasteiger partial charge in [0.25, 0.3) is 5.91 Å². The highest BCUT2D eigenvalue weighted by atomic mass is 16.5. The molecule has 1 saturated carbocycles. The van der Waals surface area contributed by atoms with Crippen LogP contribution in [-0.2, 0) is 11.3 Å². The third-order valence-electron chi connectivity index (χ3n) is 4.77. The van der Waals surface area contributed by atoms with E-state index in [1.807, 2.05) is 24.3 Å². The number of ether oxygens (including phenoxy) is 1. The first-order chi connectivity index (χ1) is 12.7. The molecule has 2 rings (SSSR count). The molecule has 4 N–H and O–H groups in total. The molecule has 1 aliphatic carbocycles. The lowest BCUT2D eigenvalue weighted by atomic mass is 9.86. The first-order valence-electron chi connectivity index (χ1n) is 9.62. The molecule has 26 heavy (non-hydrogen) atoms. The van der Waals surface area contributed by atoms with Crippen molar-refractivity contribution in [1.82, 2.24) is 10.6 Å². The zero-order valence-corrected chi connectivity index (χ0v) is 15.8. The van der Waals surface area contributed by atoms with Crippen molar-refractivity contribution in [2.24, 2.45) is 16.6 Å². The second-order valence-electron chi connectivity index (χ2n) is 6.90. The molecule has 0 radical (unpaired) electrons. The topological polar surface area (TPSA) is 88.7 Å². The van der Waals surface area contributed by atoms with Gasteiger partial charge in [0.15, 0.2) is 12.6 Å². The molecule has 0 heterocycles. The fourth-order valence-corrected chi connectivity index (χ4v) is 3.38. The van der Waals surface area contributed by atoms with E-state index in [4.69, 9.17) is 10.5 Å². The largest absolute Gasteiger partial charge is 0.484 e. The van der Waals surface area contributed by atoms with Crippen LogP contribution in [0.1, 0.15) is 50.5 Å². The van der Waals surface area contributed by atoms with Crippen molar-refractivity contribution in [2.45, 2.75) is 51.5 Å². The van der Waals surface area contributed by atoms with Crippen LogP contribution in [0.25, 0.3) is 0 Å². The predicted octanol–water partition coefficient (Wildman–Crippen LogP) is 2.58. The number of nitrogens with two attached hydrogens (primary N) is 1. The number of amides is 1. The van der Waals surface area contributed by atoms with Crippen LogP contribution in [0.15, 0.2) is 29.3 Å². The molecule has 0 aliphatic heterocycles. The van der Waals surface area contributed by atoms with Crippen molar-refractivity contribution in [3.05, 3.63) is 29.8 Å². The number of guanidine groups is 1. The molecule has 0 unspecified atom stereocenters. The van der Waals surface area contributed by atoms with E-state index in [2.05, 4.69) is 15.6 Å². The Kier molecular flexibility index (Phi) is 8.79. The Labute approximate surface area is 156 Å². The first kappa shape index (κ1) is 20.1. The number of primary amides is 1. The lowest BCUT2D eigenvalue weighted by Gasteiger charge is -2.21. The summed E-state index contributed by atoms with van der Waals surface area (Å²) in [5.41, 5.74) is 6.15. The molecule has 1 amide bonds. The Hall–Kier alpha value is -2.24. The standard InChI is InChI=1S/C20H32N4O2/c1-22-20(23-12-6-10-16-7-3-2-4-8-16)24-14-17-9-5-11-18(13-17)26-15-19(21)25/h5,9,11,13,16H,2-4,6-8,10,12,14-15H2,1H3,(H2,21,25)(H2,22,23,24). The average Bonchev–Trinajstić information content (AvgIpc) is 2.67. The lowest BCUT2D eigenvalue weighted by molar-refractivity contribution is -0.119. The van der Waals surface area contributed by atoms with Crippen LogP contribution < -0.4 is 21.1 Å². The Morgan fingerprint density at radius 1 is 1.27 bits per heavy atom. The molecule has 1 fully saturated rings. The normalized spacial score (nSPS) is 15.5. The number of hydrogen-bond acceptors (Lipinski definition) is 3. The van der Waals surface area contributed by atoms with Crippen LogP contribution in [0.4, 0.5) is 0 Å². The highest BCUT2D eigenvalue weighted by Gasteiger charge is 2.12. The summed E-state index contributed by atoms with van der Waals surface area (Å²) < 4.78 is 5.33. The molecule has 1 aliphatic rings. The van der Waals surface area contributed by atoms with Crippen molar-refractivity contribution in [3.8, 4) is 5.75 Å². The Balaban J connectivity index is 1.67. The molecule has 1 aromatic rings. The number of rotatable bonds is 9. The van der Waals surface area contributed by atoms with Gasteiger partial charge < -0.3 is 21.1 Å². The zero-order chi connectivity index (χ0) is 18.6. The van der Waals surface area contributed by atoms with E-state index in [-0.39, 0.29) is 6.61 Å². The summed E-state index contributed by atoms with van der Waals surface area (Å²) >= 11 is 0. The minimum absolute atomic E-state index is 0.110. The molecule has 1 aromatic carbocycles. The monoisotopic (exact) mass is 360 g/mol. The molecule has 6 nitrogen and oxygen atoms in total. The van der Waals surface area contributed by atoms with Crippen molar-refractivity contribution < 1.29 is 9.53 Å². The second-order valence-corrected chi connectivity index (χ2v) is 6.90. The molecule has 0 aromatic heterocycles. The fourth-order valence-electron chi connectivity index (χ4n) is 3.38. The van der Waals surface area contributed by atoms with Crippen LogP contribution in [0.5, 0.6) is 5.75 Å². The van der Waals surface area contributed by atoms with Gasteiger partial charge in [0.1, 0.15) is 5.75 Å². The first-order valence-corrected chi connectivity index (χ1v) is 9.62. The van der Waals surface area contributed by atoms with Gasteiger partial charge >= 0.3 is 0 Å². The third kappa shape index (κ3) is 7.76. The number of hydrogen-bond donors (Lipinski definition) is 3. The highest BCUT2D eigenvalue weighted by Crippen LogP contribution is 2.26. The van der Waals surface area contributed by atoms with E-state index < -0.39 is 5.91 Å². The van der Waals surface area contributed by atoms with Gasteiger partial charge in [-0.05, 0) is 36.5 Å².